The van der Waals surface area contributed by atoms with E-state index in [0.29, 0.717) is 8.81 Å². The molecule has 1 rings (SSSR count). The van der Waals surface area contributed by atoms with Crippen molar-refractivity contribution in [2.24, 2.45) is 5.92 Å². The number of hydrogen-bond acceptors (Lipinski definition) is 1. The number of halogens is 1. The van der Waals surface area contributed by atoms with Crippen molar-refractivity contribution < 1.29 is 4.52 Å². The Balaban J connectivity index is 0.00000169. The molecule has 1 aromatic carbocycles. The molecule has 3 heteroatoms. The fourth-order valence-electron chi connectivity index (χ4n) is 0.898. The zero-order valence-electron chi connectivity index (χ0n) is 8.91. The maximum absolute atomic E-state index is 5.60. The Labute approximate surface area is 98.9 Å². The molecule has 0 aliphatic carbocycles. The maximum atomic E-state index is 5.60. The van der Waals surface area contributed by atoms with E-state index < -0.39 is 0 Å². The van der Waals surface area contributed by atoms with Gasteiger partial charge in [-0.3, -0.25) is 0 Å². The predicted octanol–water partition coefficient (Wildman–Crippen LogP) is 4.20. The lowest BCUT2D eigenvalue weighted by Crippen LogP contribution is -1.91. The Bertz CT molecular complexity index is 246. The van der Waals surface area contributed by atoms with Gasteiger partial charge in [-0.25, -0.2) is 0 Å². The highest BCUT2D eigenvalue weighted by Crippen LogP contribution is 2.22. The molecule has 0 aromatic heterocycles. The molecule has 0 spiro atoms. The molecule has 0 aliphatic heterocycles. The van der Waals surface area contributed by atoms with Gasteiger partial charge in [0.25, 0.3) is 0 Å². The van der Waals surface area contributed by atoms with Crippen LogP contribution in [0, 0.1) is 12.8 Å². The van der Waals surface area contributed by atoms with Gasteiger partial charge in [0.1, 0.15) is 5.75 Å². The quantitative estimate of drug-likeness (QED) is 0.749. The topological polar surface area (TPSA) is 9.23 Å². The average Bonchev–Trinajstić information content (AvgIpc) is 2.08. The van der Waals surface area contributed by atoms with Crippen molar-refractivity contribution in [2.75, 3.05) is 6.16 Å². The summed E-state index contributed by atoms with van der Waals surface area (Å²) in [5.74, 6) is 1.72. The number of aryl methyl sites for hydroxylation is 1. The molecule has 0 saturated heterocycles. The summed E-state index contributed by atoms with van der Waals surface area (Å²) in [6.45, 7) is 6.51. The van der Waals surface area contributed by atoms with Gasteiger partial charge in [0.05, 0.1) is 8.81 Å². The minimum atomic E-state index is 0. The van der Waals surface area contributed by atoms with Gasteiger partial charge in [0.2, 0.25) is 0 Å². The molecule has 0 aliphatic rings. The van der Waals surface area contributed by atoms with Crippen molar-refractivity contribution in [3.05, 3.63) is 29.8 Å². The van der Waals surface area contributed by atoms with Crippen LogP contribution < -0.4 is 4.52 Å². The Morgan fingerprint density at radius 3 is 2.29 bits per heavy atom. The SMILES string of the molecule is Br.Cc1ccc(OPCC(C)C)cc1. The monoisotopic (exact) mass is 276 g/mol. The third-order valence-corrected chi connectivity index (χ3v) is 3.07. The molecule has 0 bridgehead atoms. The molecule has 0 amide bonds. The summed E-state index contributed by atoms with van der Waals surface area (Å²) in [4.78, 5) is 0. The molecule has 80 valence electrons. The maximum Gasteiger partial charge on any atom is 0.122 e. The van der Waals surface area contributed by atoms with Crippen LogP contribution in [0.5, 0.6) is 5.75 Å². The van der Waals surface area contributed by atoms with Crippen molar-refractivity contribution in [2.45, 2.75) is 20.8 Å². The zero-order chi connectivity index (χ0) is 9.68. The normalized spacial score (nSPS) is 10.6. The summed E-state index contributed by atoms with van der Waals surface area (Å²) >= 11 is 0. The molecule has 1 aromatic rings. The number of benzene rings is 1. The van der Waals surface area contributed by atoms with E-state index in [0.717, 1.165) is 17.8 Å². The first-order valence-electron chi connectivity index (χ1n) is 4.65. The van der Waals surface area contributed by atoms with Crippen LogP contribution in [0.15, 0.2) is 24.3 Å². The molecular weight excluding hydrogens is 259 g/mol. The minimum Gasteiger partial charge on any atom is -0.477 e. The summed E-state index contributed by atoms with van der Waals surface area (Å²) in [6, 6.07) is 8.22. The van der Waals surface area contributed by atoms with Crippen molar-refractivity contribution in [1.29, 1.82) is 0 Å². The third-order valence-electron chi connectivity index (χ3n) is 1.70. The van der Waals surface area contributed by atoms with E-state index in [1.165, 1.54) is 5.56 Å². The zero-order valence-corrected chi connectivity index (χ0v) is 11.6. The number of hydrogen-bond donors (Lipinski definition) is 0. The van der Waals surface area contributed by atoms with E-state index >= 15 is 0 Å². The van der Waals surface area contributed by atoms with Gasteiger partial charge in [-0.05, 0) is 25.0 Å². The second kappa shape index (κ2) is 7.25. The second-order valence-electron chi connectivity index (χ2n) is 3.66. The van der Waals surface area contributed by atoms with Crippen molar-refractivity contribution in [1.82, 2.24) is 0 Å². The molecule has 0 saturated carbocycles. The van der Waals surface area contributed by atoms with Crippen LogP contribution in [0.2, 0.25) is 0 Å². The van der Waals surface area contributed by atoms with Gasteiger partial charge in [-0.2, -0.15) is 0 Å². The third kappa shape index (κ3) is 5.62. The van der Waals surface area contributed by atoms with Gasteiger partial charge in [-0.1, -0.05) is 31.5 Å². The van der Waals surface area contributed by atoms with Crippen molar-refractivity contribution in [3.8, 4) is 5.75 Å². The average molecular weight is 277 g/mol. The first-order chi connectivity index (χ1) is 6.18. The van der Waals surface area contributed by atoms with Gasteiger partial charge in [0, 0.05) is 6.16 Å². The second-order valence-corrected chi connectivity index (χ2v) is 4.56. The van der Waals surface area contributed by atoms with Crippen LogP contribution in [-0.4, -0.2) is 6.16 Å². The molecule has 1 atom stereocenters. The molecule has 0 heterocycles. The lowest BCUT2D eigenvalue weighted by atomic mass is 10.2. The van der Waals surface area contributed by atoms with Gasteiger partial charge >= 0.3 is 0 Å². The van der Waals surface area contributed by atoms with Crippen LogP contribution in [-0.2, 0) is 0 Å². The standard InChI is InChI=1S/C11H17OP.BrH/c1-9(2)8-13-12-11-6-4-10(3)5-7-11;/h4-7,9,13H,8H2,1-3H3;1H. The Kier molecular flexibility index (Phi) is 7.22. The largest absolute Gasteiger partial charge is 0.477 e. The first kappa shape index (κ1) is 13.9. The Hall–Kier alpha value is -0.0700. The number of rotatable bonds is 4. The van der Waals surface area contributed by atoms with Crippen molar-refractivity contribution >= 4 is 25.8 Å². The van der Waals surface area contributed by atoms with Gasteiger partial charge < -0.3 is 4.52 Å². The Morgan fingerprint density at radius 2 is 1.79 bits per heavy atom. The lowest BCUT2D eigenvalue weighted by Gasteiger charge is -2.07. The van der Waals surface area contributed by atoms with E-state index in [1.807, 2.05) is 12.1 Å². The van der Waals surface area contributed by atoms with E-state index in [-0.39, 0.29) is 17.0 Å². The van der Waals surface area contributed by atoms with Crippen LogP contribution >= 0.6 is 25.8 Å². The Morgan fingerprint density at radius 1 is 1.21 bits per heavy atom. The molecule has 0 radical (unpaired) electrons. The molecule has 14 heavy (non-hydrogen) atoms. The highest BCUT2D eigenvalue weighted by Gasteiger charge is 1.95. The molecule has 1 unspecified atom stereocenters. The van der Waals surface area contributed by atoms with E-state index in [1.54, 1.807) is 0 Å². The summed E-state index contributed by atoms with van der Waals surface area (Å²) in [7, 11) is 0.587. The first-order valence-corrected chi connectivity index (χ1v) is 5.76. The summed E-state index contributed by atoms with van der Waals surface area (Å²) in [6.07, 6.45) is 1.15. The molecule has 0 N–H and O–H groups in total. The highest BCUT2D eigenvalue weighted by molar-refractivity contribution is 8.93. The van der Waals surface area contributed by atoms with E-state index in [9.17, 15) is 0 Å². The highest BCUT2D eigenvalue weighted by atomic mass is 79.9. The van der Waals surface area contributed by atoms with E-state index in [4.69, 9.17) is 4.52 Å². The van der Waals surface area contributed by atoms with Crippen LogP contribution in [0.4, 0.5) is 0 Å². The van der Waals surface area contributed by atoms with Crippen LogP contribution in [0.25, 0.3) is 0 Å². The molecule has 0 fully saturated rings. The smallest absolute Gasteiger partial charge is 0.122 e. The predicted molar refractivity (Wildman–Crippen MR) is 70.1 cm³/mol. The summed E-state index contributed by atoms with van der Waals surface area (Å²) < 4.78 is 5.60. The van der Waals surface area contributed by atoms with Crippen LogP contribution in [0.3, 0.4) is 0 Å². The molecular formula is C11H18BrOP. The molecule has 1 nitrogen and oxygen atoms in total. The fraction of sp³-hybridized carbons (Fsp3) is 0.455. The minimum absolute atomic E-state index is 0. The summed E-state index contributed by atoms with van der Waals surface area (Å²) in [5.41, 5.74) is 1.28. The van der Waals surface area contributed by atoms with Gasteiger partial charge in [0.15, 0.2) is 0 Å². The van der Waals surface area contributed by atoms with E-state index in [2.05, 4.69) is 32.9 Å². The fourth-order valence-corrected chi connectivity index (χ4v) is 1.62. The van der Waals surface area contributed by atoms with Crippen molar-refractivity contribution in [3.63, 3.8) is 0 Å². The van der Waals surface area contributed by atoms with Crippen LogP contribution in [0.1, 0.15) is 19.4 Å². The lowest BCUT2D eigenvalue weighted by molar-refractivity contribution is 0.615. The van der Waals surface area contributed by atoms with Gasteiger partial charge in [-0.15, -0.1) is 17.0 Å². The summed E-state index contributed by atoms with van der Waals surface area (Å²) in [5, 5.41) is 0.